The fourth-order valence-electron chi connectivity index (χ4n) is 2.40. The van der Waals surface area contributed by atoms with Crippen molar-refractivity contribution in [2.75, 3.05) is 24.9 Å². The zero-order chi connectivity index (χ0) is 18.4. The van der Waals surface area contributed by atoms with E-state index in [1.807, 2.05) is 12.1 Å². The van der Waals surface area contributed by atoms with Gasteiger partial charge in [-0.05, 0) is 42.9 Å². The second-order valence-electron chi connectivity index (χ2n) is 5.56. The molecule has 2 aromatic carbocycles. The number of methoxy groups -OCH3 is 1. The SMILES string of the molecule is CCN(CC)Cc1ccc(NS(=O)(=O)c2ccc(F)c(OC)c2)cc1. The van der Waals surface area contributed by atoms with Gasteiger partial charge < -0.3 is 4.74 Å². The molecule has 0 heterocycles. The Kier molecular flexibility index (Phi) is 6.39. The van der Waals surface area contributed by atoms with Crippen molar-refractivity contribution in [3.63, 3.8) is 0 Å². The number of nitrogens with one attached hydrogen (secondary N) is 1. The van der Waals surface area contributed by atoms with E-state index in [4.69, 9.17) is 4.74 Å². The average molecular weight is 366 g/mol. The Bertz CT molecular complexity index is 804. The van der Waals surface area contributed by atoms with E-state index >= 15 is 0 Å². The summed E-state index contributed by atoms with van der Waals surface area (Å²) in [5, 5.41) is 0. The highest BCUT2D eigenvalue weighted by molar-refractivity contribution is 7.92. The van der Waals surface area contributed by atoms with Crippen LogP contribution in [0.1, 0.15) is 19.4 Å². The molecule has 1 N–H and O–H groups in total. The normalized spacial score (nSPS) is 11.6. The lowest BCUT2D eigenvalue weighted by Gasteiger charge is -2.18. The largest absolute Gasteiger partial charge is 0.494 e. The number of hydrogen-bond donors (Lipinski definition) is 1. The molecule has 25 heavy (non-hydrogen) atoms. The van der Waals surface area contributed by atoms with Crippen LogP contribution < -0.4 is 9.46 Å². The van der Waals surface area contributed by atoms with Crippen LogP contribution in [0.15, 0.2) is 47.4 Å². The number of rotatable bonds is 8. The van der Waals surface area contributed by atoms with E-state index in [1.165, 1.54) is 13.2 Å². The molecule has 0 atom stereocenters. The first kappa shape index (κ1) is 19.2. The molecule has 2 rings (SSSR count). The molecule has 0 aliphatic carbocycles. The summed E-state index contributed by atoms with van der Waals surface area (Å²) < 4.78 is 45.7. The molecule has 0 saturated heterocycles. The first-order chi connectivity index (χ1) is 11.9. The standard InChI is InChI=1S/C18H23FN2O3S/c1-4-21(5-2)13-14-6-8-15(9-7-14)20-25(22,23)16-10-11-17(19)18(12-16)24-3/h6-12,20H,4-5,13H2,1-3H3. The topological polar surface area (TPSA) is 58.6 Å². The number of sulfonamides is 1. The van der Waals surface area contributed by atoms with Crippen molar-refractivity contribution in [1.29, 1.82) is 0 Å². The zero-order valence-corrected chi connectivity index (χ0v) is 15.4. The van der Waals surface area contributed by atoms with Crippen LogP contribution in [0.5, 0.6) is 5.75 Å². The van der Waals surface area contributed by atoms with Gasteiger partial charge >= 0.3 is 0 Å². The van der Waals surface area contributed by atoms with Crippen molar-refractivity contribution in [1.82, 2.24) is 4.90 Å². The van der Waals surface area contributed by atoms with E-state index in [9.17, 15) is 12.8 Å². The number of nitrogens with zero attached hydrogens (tertiary/aromatic N) is 1. The van der Waals surface area contributed by atoms with Crippen LogP contribution in [-0.4, -0.2) is 33.5 Å². The van der Waals surface area contributed by atoms with Crippen LogP contribution in [0, 0.1) is 5.82 Å². The fourth-order valence-corrected chi connectivity index (χ4v) is 3.48. The Morgan fingerprint density at radius 2 is 1.72 bits per heavy atom. The molecule has 0 radical (unpaired) electrons. The van der Waals surface area contributed by atoms with E-state index in [-0.39, 0.29) is 10.6 Å². The Morgan fingerprint density at radius 3 is 2.28 bits per heavy atom. The summed E-state index contributed by atoms with van der Waals surface area (Å²) in [6.45, 7) is 6.93. The molecule has 0 saturated carbocycles. The molecular formula is C18H23FN2O3S. The van der Waals surface area contributed by atoms with Gasteiger partial charge in [0.05, 0.1) is 12.0 Å². The molecule has 0 bridgehead atoms. The van der Waals surface area contributed by atoms with E-state index in [2.05, 4.69) is 23.5 Å². The minimum absolute atomic E-state index is 0.0574. The summed E-state index contributed by atoms with van der Waals surface area (Å²) in [4.78, 5) is 2.21. The highest BCUT2D eigenvalue weighted by atomic mass is 32.2. The fraction of sp³-hybridized carbons (Fsp3) is 0.333. The number of hydrogen-bond acceptors (Lipinski definition) is 4. The summed E-state index contributed by atoms with van der Waals surface area (Å²) in [6.07, 6.45) is 0. The zero-order valence-electron chi connectivity index (χ0n) is 14.6. The molecule has 0 unspecified atom stereocenters. The quantitative estimate of drug-likeness (QED) is 0.777. The summed E-state index contributed by atoms with van der Waals surface area (Å²) in [5.41, 5.74) is 1.56. The maximum Gasteiger partial charge on any atom is 0.262 e. The molecular weight excluding hydrogens is 343 g/mol. The van der Waals surface area contributed by atoms with Crippen LogP contribution in [0.3, 0.4) is 0 Å². The van der Waals surface area contributed by atoms with Gasteiger partial charge in [0.15, 0.2) is 11.6 Å². The smallest absolute Gasteiger partial charge is 0.262 e. The van der Waals surface area contributed by atoms with Gasteiger partial charge in [-0.2, -0.15) is 0 Å². The third-order valence-corrected chi connectivity index (χ3v) is 5.32. The molecule has 136 valence electrons. The van der Waals surface area contributed by atoms with E-state index < -0.39 is 15.8 Å². The monoisotopic (exact) mass is 366 g/mol. The summed E-state index contributed by atoms with van der Waals surface area (Å²) >= 11 is 0. The van der Waals surface area contributed by atoms with Crippen molar-refractivity contribution in [3.8, 4) is 5.75 Å². The van der Waals surface area contributed by atoms with Gasteiger partial charge in [-0.25, -0.2) is 12.8 Å². The van der Waals surface area contributed by atoms with Gasteiger partial charge in [-0.15, -0.1) is 0 Å². The van der Waals surface area contributed by atoms with E-state index in [0.717, 1.165) is 37.3 Å². The van der Waals surface area contributed by atoms with Crippen LogP contribution in [0.4, 0.5) is 10.1 Å². The predicted molar refractivity (Wildman–Crippen MR) is 96.8 cm³/mol. The Balaban J connectivity index is 2.15. The molecule has 0 aliphatic rings. The molecule has 0 spiro atoms. The first-order valence-electron chi connectivity index (χ1n) is 8.07. The number of halogens is 1. The van der Waals surface area contributed by atoms with E-state index in [1.54, 1.807) is 12.1 Å². The van der Waals surface area contributed by atoms with Gasteiger partial charge in [0.1, 0.15) is 0 Å². The minimum Gasteiger partial charge on any atom is -0.494 e. The molecule has 0 aromatic heterocycles. The second kappa shape index (κ2) is 8.31. The lowest BCUT2D eigenvalue weighted by Crippen LogP contribution is -2.22. The average Bonchev–Trinajstić information content (AvgIpc) is 2.61. The number of benzene rings is 2. The third kappa shape index (κ3) is 4.93. The molecule has 0 aliphatic heterocycles. The predicted octanol–water partition coefficient (Wildman–Crippen LogP) is 3.48. The summed E-state index contributed by atoms with van der Waals surface area (Å²) in [7, 11) is -2.53. The van der Waals surface area contributed by atoms with Gasteiger partial charge in [-0.1, -0.05) is 26.0 Å². The number of anilines is 1. The molecule has 5 nitrogen and oxygen atoms in total. The lowest BCUT2D eigenvalue weighted by atomic mass is 10.2. The number of ether oxygens (including phenoxy) is 1. The van der Waals surface area contributed by atoms with Crippen LogP contribution in [0.25, 0.3) is 0 Å². The van der Waals surface area contributed by atoms with Gasteiger partial charge in [-0.3, -0.25) is 9.62 Å². The van der Waals surface area contributed by atoms with Crippen LogP contribution in [0.2, 0.25) is 0 Å². The second-order valence-corrected chi connectivity index (χ2v) is 7.24. The van der Waals surface area contributed by atoms with Gasteiger partial charge in [0, 0.05) is 18.3 Å². The summed E-state index contributed by atoms with van der Waals surface area (Å²) in [6, 6.07) is 10.7. The maximum atomic E-state index is 13.4. The van der Waals surface area contributed by atoms with Crippen LogP contribution in [-0.2, 0) is 16.6 Å². The molecule has 0 fully saturated rings. The lowest BCUT2D eigenvalue weighted by molar-refractivity contribution is 0.296. The Labute approximate surface area is 148 Å². The Morgan fingerprint density at radius 1 is 1.08 bits per heavy atom. The highest BCUT2D eigenvalue weighted by Gasteiger charge is 2.17. The minimum atomic E-state index is -3.81. The molecule has 7 heteroatoms. The third-order valence-electron chi connectivity index (χ3n) is 3.94. The summed E-state index contributed by atoms with van der Waals surface area (Å²) in [5.74, 6) is -0.723. The van der Waals surface area contributed by atoms with E-state index in [0.29, 0.717) is 5.69 Å². The van der Waals surface area contributed by atoms with Crippen molar-refractivity contribution >= 4 is 15.7 Å². The van der Waals surface area contributed by atoms with Crippen molar-refractivity contribution < 1.29 is 17.5 Å². The molecule has 2 aromatic rings. The van der Waals surface area contributed by atoms with Crippen molar-refractivity contribution in [2.24, 2.45) is 0 Å². The molecule has 0 amide bonds. The highest BCUT2D eigenvalue weighted by Crippen LogP contribution is 2.23. The van der Waals surface area contributed by atoms with Crippen molar-refractivity contribution in [2.45, 2.75) is 25.3 Å². The van der Waals surface area contributed by atoms with Gasteiger partial charge in [0.25, 0.3) is 10.0 Å². The van der Waals surface area contributed by atoms with Crippen molar-refractivity contribution in [3.05, 3.63) is 53.8 Å². The van der Waals surface area contributed by atoms with Gasteiger partial charge in [0.2, 0.25) is 0 Å². The van der Waals surface area contributed by atoms with Crippen LogP contribution >= 0.6 is 0 Å². The first-order valence-corrected chi connectivity index (χ1v) is 9.55. The maximum absolute atomic E-state index is 13.4. The Hall–Kier alpha value is -2.12.